The molecule has 2 fully saturated rings. The number of amides is 1. The number of methoxy groups -OCH3 is 1. The molecule has 1 saturated heterocycles. The number of rotatable bonds is 7. The van der Waals surface area contributed by atoms with Gasteiger partial charge in [0, 0.05) is 40.7 Å². The van der Waals surface area contributed by atoms with E-state index in [0.29, 0.717) is 45.5 Å². The molecule has 1 aromatic carbocycles. The van der Waals surface area contributed by atoms with E-state index < -0.39 is 12.3 Å². The third kappa shape index (κ3) is 5.83. The van der Waals surface area contributed by atoms with Crippen LogP contribution in [0.4, 0.5) is 13.9 Å². The number of anilines is 1. The molecular formula is C25H22F2N4O3S2. The van der Waals surface area contributed by atoms with E-state index in [0.717, 1.165) is 30.2 Å². The van der Waals surface area contributed by atoms with Crippen molar-refractivity contribution in [2.75, 3.05) is 25.6 Å². The van der Waals surface area contributed by atoms with Crippen molar-refractivity contribution in [3.05, 3.63) is 47.3 Å². The highest BCUT2D eigenvalue weighted by molar-refractivity contribution is 8.01. The maximum atomic E-state index is 13.5. The first-order valence-corrected chi connectivity index (χ1v) is 13.1. The zero-order valence-electron chi connectivity index (χ0n) is 19.3. The molecule has 2 aliphatic rings. The van der Waals surface area contributed by atoms with E-state index in [4.69, 9.17) is 9.47 Å². The van der Waals surface area contributed by atoms with Crippen molar-refractivity contribution < 1.29 is 23.0 Å². The molecule has 3 heterocycles. The van der Waals surface area contributed by atoms with E-state index in [1.54, 1.807) is 17.8 Å². The minimum atomic E-state index is -2.68. The predicted octanol–water partition coefficient (Wildman–Crippen LogP) is 5.44. The highest BCUT2D eigenvalue weighted by atomic mass is 32.2. The smallest absolute Gasteiger partial charge is 0.263 e. The lowest BCUT2D eigenvalue weighted by atomic mass is 9.97. The molecule has 1 unspecified atom stereocenters. The molecule has 1 saturated carbocycles. The Morgan fingerprint density at radius 3 is 2.83 bits per heavy atom. The van der Waals surface area contributed by atoms with Crippen molar-refractivity contribution in [2.24, 2.45) is 5.92 Å². The van der Waals surface area contributed by atoms with Crippen molar-refractivity contribution in [2.45, 2.75) is 35.3 Å². The van der Waals surface area contributed by atoms with Crippen LogP contribution in [0.5, 0.6) is 5.75 Å². The van der Waals surface area contributed by atoms with Gasteiger partial charge in [-0.25, -0.2) is 13.8 Å². The predicted molar refractivity (Wildman–Crippen MR) is 134 cm³/mol. The van der Waals surface area contributed by atoms with Crippen LogP contribution in [-0.2, 0) is 4.74 Å². The Hall–Kier alpha value is -3.07. The quantitative estimate of drug-likeness (QED) is 0.323. The molecule has 1 aliphatic heterocycles. The zero-order valence-corrected chi connectivity index (χ0v) is 20.9. The molecule has 36 heavy (non-hydrogen) atoms. The number of hydrogen-bond donors (Lipinski definition) is 1. The number of alkyl halides is 2. The van der Waals surface area contributed by atoms with Gasteiger partial charge in [-0.1, -0.05) is 29.0 Å². The standard InChI is InChI=1S/C25H22F2N4O3S2/c1-33-21-7-5-15(22(26)27)10-19(21)18-11-16(6-4-14-2-3-14)28-12-20(18)23(32)29-24-30-31-25(36-24)35-17-8-9-34-13-17/h5,7,10-12,14,17,22H,2-3,8-9,13H2,1H3,(H,29,30,32). The number of carbonyl (C=O) groups excluding carboxylic acids is 1. The average Bonchev–Trinajstić information content (AvgIpc) is 3.38. The number of ether oxygens (including phenoxy) is 2. The first-order valence-electron chi connectivity index (χ1n) is 11.4. The minimum Gasteiger partial charge on any atom is -0.496 e. The molecule has 0 spiro atoms. The maximum absolute atomic E-state index is 13.5. The maximum Gasteiger partial charge on any atom is 0.263 e. The third-order valence-corrected chi connectivity index (χ3v) is 7.84. The van der Waals surface area contributed by atoms with Crippen LogP contribution in [0.25, 0.3) is 11.1 Å². The number of halogens is 2. The average molecular weight is 529 g/mol. The second kappa shape index (κ2) is 10.9. The second-order valence-electron chi connectivity index (χ2n) is 8.35. The number of benzene rings is 1. The van der Waals surface area contributed by atoms with Gasteiger partial charge < -0.3 is 9.47 Å². The van der Waals surface area contributed by atoms with Crippen molar-refractivity contribution in [3.8, 4) is 28.7 Å². The lowest BCUT2D eigenvalue weighted by Gasteiger charge is -2.14. The number of nitrogens with one attached hydrogen (secondary N) is 1. The Balaban J connectivity index is 1.47. The van der Waals surface area contributed by atoms with Crippen LogP contribution in [0.1, 0.15) is 47.3 Å². The van der Waals surface area contributed by atoms with Crippen molar-refractivity contribution >= 4 is 34.1 Å². The van der Waals surface area contributed by atoms with Crippen LogP contribution < -0.4 is 10.1 Å². The summed E-state index contributed by atoms with van der Waals surface area (Å²) in [6, 6.07) is 5.74. The van der Waals surface area contributed by atoms with Gasteiger partial charge in [-0.2, -0.15) is 0 Å². The van der Waals surface area contributed by atoms with Gasteiger partial charge in [-0.15, -0.1) is 10.2 Å². The van der Waals surface area contributed by atoms with Gasteiger partial charge in [0.25, 0.3) is 12.3 Å². The Morgan fingerprint density at radius 1 is 1.25 bits per heavy atom. The molecule has 1 N–H and O–H groups in total. The summed E-state index contributed by atoms with van der Waals surface area (Å²) in [6.45, 7) is 1.39. The van der Waals surface area contributed by atoms with Gasteiger partial charge in [0.15, 0.2) is 4.34 Å². The highest BCUT2D eigenvalue weighted by Gasteiger charge is 2.23. The summed E-state index contributed by atoms with van der Waals surface area (Å²) in [4.78, 5) is 17.6. The molecule has 7 nitrogen and oxygen atoms in total. The van der Waals surface area contributed by atoms with Gasteiger partial charge in [0.1, 0.15) is 11.4 Å². The molecule has 0 bridgehead atoms. The SMILES string of the molecule is COc1ccc(C(F)F)cc1-c1cc(C#CC2CC2)ncc1C(=O)Nc1nnc(SC2CCOC2)s1. The van der Waals surface area contributed by atoms with Crippen LogP contribution >= 0.6 is 23.1 Å². The second-order valence-corrected chi connectivity index (χ2v) is 10.9. The molecule has 1 amide bonds. The minimum absolute atomic E-state index is 0.179. The monoisotopic (exact) mass is 528 g/mol. The topological polar surface area (TPSA) is 86.2 Å². The van der Waals surface area contributed by atoms with E-state index in [1.165, 1.54) is 42.8 Å². The number of carbonyl (C=O) groups is 1. The number of hydrogen-bond acceptors (Lipinski definition) is 8. The van der Waals surface area contributed by atoms with Crippen LogP contribution in [0.2, 0.25) is 0 Å². The molecule has 2 aromatic heterocycles. The molecular weight excluding hydrogens is 506 g/mol. The summed E-state index contributed by atoms with van der Waals surface area (Å²) in [5, 5.41) is 11.6. The largest absolute Gasteiger partial charge is 0.496 e. The number of nitrogens with zero attached hydrogens (tertiary/aromatic N) is 3. The highest BCUT2D eigenvalue weighted by Crippen LogP contribution is 2.37. The van der Waals surface area contributed by atoms with E-state index in [9.17, 15) is 13.6 Å². The number of aromatic nitrogens is 3. The van der Waals surface area contributed by atoms with E-state index in [2.05, 4.69) is 32.3 Å². The van der Waals surface area contributed by atoms with E-state index in [-0.39, 0.29) is 11.1 Å². The van der Waals surface area contributed by atoms with Crippen LogP contribution in [0.3, 0.4) is 0 Å². The summed E-state index contributed by atoms with van der Waals surface area (Å²) in [5.41, 5.74) is 1.20. The van der Waals surface area contributed by atoms with Gasteiger partial charge in [0.05, 0.1) is 19.3 Å². The Bertz CT molecular complexity index is 1330. The van der Waals surface area contributed by atoms with Crippen LogP contribution in [0.15, 0.2) is 34.8 Å². The van der Waals surface area contributed by atoms with Gasteiger partial charge in [0.2, 0.25) is 5.13 Å². The zero-order chi connectivity index (χ0) is 25.1. The third-order valence-electron chi connectivity index (χ3n) is 5.68. The van der Waals surface area contributed by atoms with Gasteiger partial charge in [-0.3, -0.25) is 10.1 Å². The fourth-order valence-electron chi connectivity index (χ4n) is 3.62. The van der Waals surface area contributed by atoms with Crippen LogP contribution in [-0.4, -0.2) is 46.7 Å². The lowest BCUT2D eigenvalue weighted by Crippen LogP contribution is -2.14. The van der Waals surface area contributed by atoms with Crippen molar-refractivity contribution in [3.63, 3.8) is 0 Å². The van der Waals surface area contributed by atoms with E-state index >= 15 is 0 Å². The summed E-state index contributed by atoms with van der Waals surface area (Å²) < 4.78 is 38.6. The van der Waals surface area contributed by atoms with Crippen LogP contribution in [0, 0.1) is 17.8 Å². The first-order chi connectivity index (χ1) is 17.5. The number of pyridine rings is 1. The fourth-order valence-corrected chi connectivity index (χ4v) is 5.69. The number of thioether (sulfide) groups is 1. The first kappa shape index (κ1) is 24.6. The summed E-state index contributed by atoms with van der Waals surface area (Å²) in [6.07, 6.45) is 1.78. The van der Waals surface area contributed by atoms with Gasteiger partial charge >= 0.3 is 0 Å². The Labute approximate surface area is 215 Å². The normalized spacial score (nSPS) is 17.1. The van der Waals surface area contributed by atoms with E-state index in [1.807, 2.05) is 0 Å². The lowest BCUT2D eigenvalue weighted by molar-refractivity contribution is 0.102. The molecule has 0 radical (unpaired) electrons. The Kier molecular flexibility index (Phi) is 7.46. The molecule has 186 valence electrons. The van der Waals surface area contributed by atoms with Crippen molar-refractivity contribution in [1.82, 2.24) is 15.2 Å². The molecule has 1 aliphatic carbocycles. The molecule has 5 rings (SSSR count). The van der Waals surface area contributed by atoms with Gasteiger partial charge in [-0.05, 0) is 49.4 Å². The Morgan fingerprint density at radius 2 is 2.11 bits per heavy atom. The molecule has 3 aromatic rings. The summed E-state index contributed by atoms with van der Waals surface area (Å²) in [5.74, 6) is 6.40. The summed E-state index contributed by atoms with van der Waals surface area (Å²) >= 11 is 2.84. The summed E-state index contributed by atoms with van der Waals surface area (Å²) in [7, 11) is 1.45. The van der Waals surface area contributed by atoms with Crippen molar-refractivity contribution in [1.29, 1.82) is 0 Å². The fraction of sp³-hybridized carbons (Fsp3) is 0.360. The molecule has 1 atom stereocenters. The molecule has 11 heteroatoms.